The van der Waals surface area contributed by atoms with E-state index in [0.29, 0.717) is 11.3 Å². The van der Waals surface area contributed by atoms with E-state index in [1.165, 1.54) is 31.1 Å². The number of carbonyl (C=O) groups is 2. The van der Waals surface area contributed by atoms with Gasteiger partial charge in [0.2, 0.25) is 5.91 Å². The van der Waals surface area contributed by atoms with Crippen LogP contribution >= 0.6 is 0 Å². The Morgan fingerprint density at radius 1 is 1.17 bits per heavy atom. The first-order chi connectivity index (χ1) is 11.5. The van der Waals surface area contributed by atoms with Gasteiger partial charge in [0.05, 0.1) is 12.8 Å². The fourth-order valence-corrected chi connectivity index (χ4v) is 2.27. The van der Waals surface area contributed by atoms with Crippen molar-refractivity contribution in [3.8, 4) is 5.75 Å². The molecular formula is C18H19FN2O3. The van der Waals surface area contributed by atoms with E-state index < -0.39 is 5.82 Å². The van der Waals surface area contributed by atoms with E-state index in [1.54, 1.807) is 36.4 Å². The molecule has 6 heteroatoms. The van der Waals surface area contributed by atoms with Gasteiger partial charge in [0.25, 0.3) is 5.91 Å². The van der Waals surface area contributed by atoms with E-state index in [0.717, 1.165) is 0 Å². The zero-order valence-electron chi connectivity index (χ0n) is 13.6. The Bertz CT molecular complexity index is 734. The Labute approximate surface area is 140 Å². The standard InChI is InChI=1S/C18H19FN2O3/c1-13(22)21(17-9-4-3-8-16(17)19)11-10-20-18(23)14-6-5-7-15(12-14)24-2/h3-9,12H,10-11H2,1-2H3,(H,20,23). The summed E-state index contributed by atoms with van der Waals surface area (Å²) >= 11 is 0. The highest BCUT2D eigenvalue weighted by molar-refractivity contribution is 5.95. The lowest BCUT2D eigenvalue weighted by Crippen LogP contribution is -2.38. The Hall–Kier alpha value is -2.89. The van der Waals surface area contributed by atoms with Gasteiger partial charge in [-0.2, -0.15) is 0 Å². The summed E-state index contributed by atoms with van der Waals surface area (Å²) in [5, 5.41) is 2.71. The van der Waals surface area contributed by atoms with Crippen molar-refractivity contribution in [2.75, 3.05) is 25.1 Å². The molecule has 0 heterocycles. The van der Waals surface area contributed by atoms with Crippen molar-refractivity contribution >= 4 is 17.5 Å². The number of methoxy groups -OCH3 is 1. The highest BCUT2D eigenvalue weighted by atomic mass is 19.1. The van der Waals surface area contributed by atoms with Gasteiger partial charge in [-0.3, -0.25) is 9.59 Å². The summed E-state index contributed by atoms with van der Waals surface area (Å²) < 4.78 is 18.9. The van der Waals surface area contributed by atoms with Crippen LogP contribution < -0.4 is 15.0 Å². The van der Waals surface area contributed by atoms with Crippen LogP contribution in [0, 0.1) is 5.82 Å². The third kappa shape index (κ3) is 4.32. The number of nitrogens with one attached hydrogen (secondary N) is 1. The van der Waals surface area contributed by atoms with E-state index >= 15 is 0 Å². The van der Waals surface area contributed by atoms with E-state index in [-0.39, 0.29) is 30.6 Å². The average Bonchev–Trinajstić information content (AvgIpc) is 2.59. The zero-order valence-corrected chi connectivity index (χ0v) is 13.6. The maximum atomic E-state index is 13.8. The molecule has 0 bridgehead atoms. The van der Waals surface area contributed by atoms with Gasteiger partial charge in [0.1, 0.15) is 11.6 Å². The van der Waals surface area contributed by atoms with Gasteiger partial charge in [0.15, 0.2) is 0 Å². The lowest BCUT2D eigenvalue weighted by molar-refractivity contribution is -0.116. The number of halogens is 1. The highest BCUT2D eigenvalue weighted by Gasteiger charge is 2.15. The molecule has 2 rings (SSSR count). The van der Waals surface area contributed by atoms with Crippen molar-refractivity contribution in [1.29, 1.82) is 0 Å². The molecule has 24 heavy (non-hydrogen) atoms. The second kappa shape index (κ2) is 8.10. The number of ether oxygens (including phenoxy) is 1. The lowest BCUT2D eigenvalue weighted by atomic mass is 10.2. The van der Waals surface area contributed by atoms with Gasteiger partial charge in [-0.25, -0.2) is 4.39 Å². The Kier molecular flexibility index (Phi) is 5.89. The SMILES string of the molecule is COc1cccc(C(=O)NCCN(C(C)=O)c2ccccc2F)c1. The fourth-order valence-electron chi connectivity index (χ4n) is 2.27. The summed E-state index contributed by atoms with van der Waals surface area (Å²) in [6, 6.07) is 12.8. The van der Waals surface area contributed by atoms with Gasteiger partial charge in [0, 0.05) is 25.6 Å². The molecule has 0 spiro atoms. The number of anilines is 1. The Morgan fingerprint density at radius 3 is 2.58 bits per heavy atom. The number of benzene rings is 2. The summed E-state index contributed by atoms with van der Waals surface area (Å²) in [5.41, 5.74) is 0.648. The molecule has 0 aliphatic carbocycles. The average molecular weight is 330 g/mol. The van der Waals surface area contributed by atoms with E-state index in [1.807, 2.05) is 0 Å². The molecule has 0 radical (unpaired) electrons. The molecule has 2 aromatic carbocycles. The van der Waals surface area contributed by atoms with Crippen molar-refractivity contribution in [3.63, 3.8) is 0 Å². The number of rotatable bonds is 6. The lowest BCUT2D eigenvalue weighted by Gasteiger charge is -2.21. The van der Waals surface area contributed by atoms with Crippen molar-refractivity contribution in [2.24, 2.45) is 0 Å². The maximum absolute atomic E-state index is 13.8. The number of carbonyl (C=O) groups excluding carboxylic acids is 2. The summed E-state index contributed by atoms with van der Waals surface area (Å²) in [7, 11) is 1.52. The molecule has 0 aliphatic rings. The van der Waals surface area contributed by atoms with Crippen LogP contribution in [-0.4, -0.2) is 32.0 Å². The van der Waals surface area contributed by atoms with Crippen LogP contribution in [0.25, 0.3) is 0 Å². The molecule has 0 unspecified atom stereocenters. The van der Waals surface area contributed by atoms with Crippen LogP contribution in [0.3, 0.4) is 0 Å². The van der Waals surface area contributed by atoms with E-state index in [4.69, 9.17) is 4.74 Å². The van der Waals surface area contributed by atoms with Gasteiger partial charge in [-0.05, 0) is 30.3 Å². The zero-order chi connectivity index (χ0) is 17.5. The van der Waals surface area contributed by atoms with Crippen molar-refractivity contribution < 1.29 is 18.7 Å². The van der Waals surface area contributed by atoms with Gasteiger partial charge in [-0.1, -0.05) is 18.2 Å². The minimum absolute atomic E-state index is 0.173. The Balaban J connectivity index is 1.99. The van der Waals surface area contributed by atoms with Crippen LogP contribution in [0.4, 0.5) is 10.1 Å². The fraction of sp³-hybridized carbons (Fsp3) is 0.222. The van der Waals surface area contributed by atoms with Crippen LogP contribution in [0.15, 0.2) is 48.5 Å². The second-order valence-electron chi connectivity index (χ2n) is 5.11. The largest absolute Gasteiger partial charge is 0.497 e. The monoisotopic (exact) mass is 330 g/mol. The predicted molar refractivity (Wildman–Crippen MR) is 89.8 cm³/mol. The molecule has 1 N–H and O–H groups in total. The number of para-hydroxylation sites is 1. The highest BCUT2D eigenvalue weighted by Crippen LogP contribution is 2.18. The Morgan fingerprint density at radius 2 is 1.92 bits per heavy atom. The molecule has 0 fully saturated rings. The summed E-state index contributed by atoms with van der Waals surface area (Å²) in [6.07, 6.45) is 0. The van der Waals surface area contributed by atoms with Gasteiger partial charge in [-0.15, -0.1) is 0 Å². The first-order valence-electron chi connectivity index (χ1n) is 7.48. The maximum Gasteiger partial charge on any atom is 0.251 e. The second-order valence-corrected chi connectivity index (χ2v) is 5.11. The van der Waals surface area contributed by atoms with Crippen LogP contribution in [0.1, 0.15) is 17.3 Å². The first kappa shape index (κ1) is 17.5. The molecule has 0 aromatic heterocycles. The molecule has 0 saturated carbocycles. The number of hydrogen-bond donors (Lipinski definition) is 1. The summed E-state index contributed by atoms with van der Waals surface area (Å²) in [4.78, 5) is 25.2. The molecule has 2 amide bonds. The first-order valence-corrected chi connectivity index (χ1v) is 7.48. The van der Waals surface area contributed by atoms with Crippen molar-refractivity contribution in [3.05, 3.63) is 59.9 Å². The van der Waals surface area contributed by atoms with Crippen molar-refractivity contribution in [2.45, 2.75) is 6.92 Å². The molecule has 2 aromatic rings. The molecule has 0 aliphatic heterocycles. The van der Waals surface area contributed by atoms with Gasteiger partial charge < -0.3 is 15.0 Å². The molecule has 0 atom stereocenters. The molecule has 5 nitrogen and oxygen atoms in total. The molecule has 0 saturated heterocycles. The topological polar surface area (TPSA) is 58.6 Å². The number of nitrogens with zero attached hydrogens (tertiary/aromatic N) is 1. The van der Waals surface area contributed by atoms with Crippen LogP contribution in [-0.2, 0) is 4.79 Å². The summed E-state index contributed by atoms with van der Waals surface area (Å²) in [6.45, 7) is 1.73. The van der Waals surface area contributed by atoms with Gasteiger partial charge >= 0.3 is 0 Å². The van der Waals surface area contributed by atoms with Crippen LogP contribution in [0.2, 0.25) is 0 Å². The minimum Gasteiger partial charge on any atom is -0.497 e. The quantitative estimate of drug-likeness (QED) is 0.886. The smallest absolute Gasteiger partial charge is 0.251 e. The number of hydrogen-bond acceptors (Lipinski definition) is 3. The molecule has 126 valence electrons. The minimum atomic E-state index is -0.480. The van der Waals surface area contributed by atoms with E-state index in [9.17, 15) is 14.0 Å². The third-order valence-corrected chi connectivity index (χ3v) is 3.48. The third-order valence-electron chi connectivity index (χ3n) is 3.48. The van der Waals surface area contributed by atoms with E-state index in [2.05, 4.69) is 5.32 Å². The molecular weight excluding hydrogens is 311 g/mol. The van der Waals surface area contributed by atoms with Crippen LogP contribution in [0.5, 0.6) is 5.75 Å². The van der Waals surface area contributed by atoms with Crippen molar-refractivity contribution in [1.82, 2.24) is 5.32 Å². The normalized spacial score (nSPS) is 10.1. The number of amides is 2. The predicted octanol–water partition coefficient (Wildman–Crippen LogP) is 2.62. The summed E-state index contributed by atoms with van der Waals surface area (Å²) in [5.74, 6) is -0.479.